The summed E-state index contributed by atoms with van der Waals surface area (Å²) in [5.41, 5.74) is 3.53. The second kappa shape index (κ2) is 5.28. The summed E-state index contributed by atoms with van der Waals surface area (Å²) in [5, 5.41) is 3.09. The molecule has 1 N–H and O–H groups in total. The fraction of sp³-hybridized carbons (Fsp3) is 0.333. The van der Waals surface area contributed by atoms with E-state index in [-0.39, 0.29) is 12.4 Å². The lowest BCUT2D eigenvalue weighted by Gasteiger charge is -2.06. The van der Waals surface area contributed by atoms with Crippen molar-refractivity contribution in [1.82, 2.24) is 0 Å². The average Bonchev–Trinajstić information content (AvgIpc) is 2.04. The maximum atomic E-state index is 5.74. The molecule has 0 heterocycles. The van der Waals surface area contributed by atoms with E-state index in [0.717, 1.165) is 11.3 Å². The Hall–Kier alpha value is -0.400. The van der Waals surface area contributed by atoms with E-state index in [4.69, 9.17) is 11.6 Å². The molecule has 1 aromatic carbocycles. The normalized spacial score (nSPS) is 8.92. The largest absolute Gasteiger partial charge is 0.388 e. The molecule has 0 aliphatic rings. The molecular formula is C9H13Cl2N. The summed E-state index contributed by atoms with van der Waals surface area (Å²) < 4.78 is 0. The third-order valence-electron chi connectivity index (χ3n) is 1.67. The van der Waals surface area contributed by atoms with Crippen LogP contribution in [0.2, 0.25) is 0 Å². The van der Waals surface area contributed by atoms with Crippen molar-refractivity contribution in [3.05, 3.63) is 29.3 Å². The SMILES string of the molecule is CNc1ccc(C)cc1CCl.Cl. The molecule has 0 amide bonds. The van der Waals surface area contributed by atoms with E-state index in [9.17, 15) is 0 Å². The second-order valence-corrected chi connectivity index (χ2v) is 2.81. The van der Waals surface area contributed by atoms with Gasteiger partial charge in [0.05, 0.1) is 0 Å². The molecule has 0 saturated heterocycles. The fourth-order valence-electron chi connectivity index (χ4n) is 1.08. The molecular weight excluding hydrogens is 193 g/mol. The molecule has 0 atom stereocenters. The predicted molar refractivity (Wildman–Crippen MR) is 57.5 cm³/mol. The molecule has 12 heavy (non-hydrogen) atoms. The van der Waals surface area contributed by atoms with Crippen LogP contribution in [-0.4, -0.2) is 7.05 Å². The van der Waals surface area contributed by atoms with Gasteiger partial charge < -0.3 is 5.32 Å². The quantitative estimate of drug-likeness (QED) is 0.732. The molecule has 0 saturated carbocycles. The van der Waals surface area contributed by atoms with Crippen LogP contribution in [-0.2, 0) is 5.88 Å². The third kappa shape index (κ3) is 2.58. The van der Waals surface area contributed by atoms with Crippen LogP contribution in [0.5, 0.6) is 0 Å². The number of hydrogen-bond donors (Lipinski definition) is 1. The highest BCUT2D eigenvalue weighted by Crippen LogP contribution is 2.18. The van der Waals surface area contributed by atoms with Crippen LogP contribution in [0.1, 0.15) is 11.1 Å². The molecule has 1 rings (SSSR count). The number of alkyl halides is 1. The van der Waals surface area contributed by atoms with Gasteiger partial charge in [-0.15, -0.1) is 24.0 Å². The minimum atomic E-state index is 0. The number of nitrogens with one attached hydrogen (secondary N) is 1. The van der Waals surface area contributed by atoms with Gasteiger partial charge in [-0.2, -0.15) is 0 Å². The van der Waals surface area contributed by atoms with Gasteiger partial charge in [0.2, 0.25) is 0 Å². The highest BCUT2D eigenvalue weighted by Gasteiger charge is 1.97. The monoisotopic (exact) mass is 205 g/mol. The number of halogens is 2. The summed E-state index contributed by atoms with van der Waals surface area (Å²) in [5.74, 6) is 0.567. The van der Waals surface area contributed by atoms with Crippen LogP contribution in [0.3, 0.4) is 0 Å². The zero-order valence-corrected chi connectivity index (χ0v) is 8.80. The average molecular weight is 206 g/mol. The highest BCUT2D eigenvalue weighted by molar-refractivity contribution is 6.17. The van der Waals surface area contributed by atoms with Crippen molar-refractivity contribution in [3.8, 4) is 0 Å². The first-order chi connectivity index (χ1) is 5.27. The van der Waals surface area contributed by atoms with Gasteiger partial charge >= 0.3 is 0 Å². The summed E-state index contributed by atoms with van der Waals surface area (Å²) >= 11 is 5.74. The van der Waals surface area contributed by atoms with Gasteiger partial charge in [-0.05, 0) is 18.6 Å². The molecule has 68 valence electrons. The van der Waals surface area contributed by atoms with Gasteiger partial charge in [-0.3, -0.25) is 0 Å². The van der Waals surface area contributed by atoms with Crippen molar-refractivity contribution in [3.63, 3.8) is 0 Å². The Morgan fingerprint density at radius 2 is 2.08 bits per heavy atom. The Morgan fingerprint density at radius 3 is 2.58 bits per heavy atom. The minimum absolute atomic E-state index is 0. The first kappa shape index (κ1) is 11.6. The van der Waals surface area contributed by atoms with Crippen molar-refractivity contribution < 1.29 is 0 Å². The van der Waals surface area contributed by atoms with Gasteiger partial charge in [0, 0.05) is 18.6 Å². The predicted octanol–water partition coefficient (Wildman–Crippen LogP) is 3.20. The van der Waals surface area contributed by atoms with Crippen LogP contribution in [0, 0.1) is 6.92 Å². The van der Waals surface area contributed by atoms with Crippen LogP contribution >= 0.6 is 24.0 Å². The lowest BCUT2D eigenvalue weighted by molar-refractivity contribution is 1.32. The van der Waals surface area contributed by atoms with Crippen molar-refractivity contribution in [1.29, 1.82) is 0 Å². The molecule has 0 unspecified atom stereocenters. The van der Waals surface area contributed by atoms with E-state index in [2.05, 4.69) is 24.4 Å². The van der Waals surface area contributed by atoms with Crippen molar-refractivity contribution in [2.45, 2.75) is 12.8 Å². The van der Waals surface area contributed by atoms with E-state index in [1.165, 1.54) is 5.56 Å². The Kier molecular flexibility index (Phi) is 5.11. The molecule has 0 spiro atoms. The molecule has 0 aromatic heterocycles. The molecule has 0 aliphatic heterocycles. The smallest absolute Gasteiger partial charge is 0.0494 e. The number of hydrogen-bond acceptors (Lipinski definition) is 1. The van der Waals surface area contributed by atoms with Crippen LogP contribution in [0.25, 0.3) is 0 Å². The zero-order chi connectivity index (χ0) is 8.27. The molecule has 1 aromatic rings. The first-order valence-corrected chi connectivity index (χ1v) is 4.14. The molecule has 1 nitrogen and oxygen atoms in total. The van der Waals surface area contributed by atoms with Crippen molar-refractivity contribution >= 4 is 29.7 Å². The van der Waals surface area contributed by atoms with E-state index in [1.807, 2.05) is 13.1 Å². The van der Waals surface area contributed by atoms with Crippen LogP contribution < -0.4 is 5.32 Å². The molecule has 3 heteroatoms. The van der Waals surface area contributed by atoms with E-state index < -0.39 is 0 Å². The van der Waals surface area contributed by atoms with Crippen molar-refractivity contribution in [2.24, 2.45) is 0 Å². The summed E-state index contributed by atoms with van der Waals surface area (Å²) in [6, 6.07) is 6.22. The Labute approximate surface area is 84.5 Å². The number of anilines is 1. The summed E-state index contributed by atoms with van der Waals surface area (Å²) in [4.78, 5) is 0. The number of aryl methyl sites for hydroxylation is 1. The molecule has 0 fully saturated rings. The third-order valence-corrected chi connectivity index (χ3v) is 1.96. The number of rotatable bonds is 2. The standard InChI is InChI=1S/C9H12ClN.ClH/c1-7-3-4-9(11-2)8(5-7)6-10;/h3-5,11H,6H2,1-2H3;1H. The van der Waals surface area contributed by atoms with Gasteiger partial charge in [0.15, 0.2) is 0 Å². The van der Waals surface area contributed by atoms with E-state index in [0.29, 0.717) is 5.88 Å². The van der Waals surface area contributed by atoms with E-state index in [1.54, 1.807) is 0 Å². The summed E-state index contributed by atoms with van der Waals surface area (Å²) in [6.07, 6.45) is 0. The Balaban J connectivity index is 0.00000121. The van der Waals surface area contributed by atoms with Gasteiger partial charge in [0.25, 0.3) is 0 Å². The van der Waals surface area contributed by atoms with E-state index >= 15 is 0 Å². The second-order valence-electron chi connectivity index (χ2n) is 2.54. The van der Waals surface area contributed by atoms with Gasteiger partial charge in [-0.25, -0.2) is 0 Å². The van der Waals surface area contributed by atoms with Gasteiger partial charge in [-0.1, -0.05) is 17.7 Å². The summed E-state index contributed by atoms with van der Waals surface area (Å²) in [6.45, 7) is 2.06. The lowest BCUT2D eigenvalue weighted by Crippen LogP contribution is -1.93. The molecule has 0 radical (unpaired) electrons. The lowest BCUT2D eigenvalue weighted by atomic mass is 10.1. The maximum Gasteiger partial charge on any atom is 0.0494 e. The van der Waals surface area contributed by atoms with Crippen LogP contribution in [0.4, 0.5) is 5.69 Å². The van der Waals surface area contributed by atoms with Crippen LogP contribution in [0.15, 0.2) is 18.2 Å². The summed E-state index contributed by atoms with van der Waals surface area (Å²) in [7, 11) is 1.90. The Bertz CT molecular complexity index is 248. The Morgan fingerprint density at radius 1 is 1.42 bits per heavy atom. The van der Waals surface area contributed by atoms with Gasteiger partial charge in [0.1, 0.15) is 0 Å². The molecule has 0 aliphatic carbocycles. The minimum Gasteiger partial charge on any atom is -0.388 e. The maximum absolute atomic E-state index is 5.74. The number of benzene rings is 1. The first-order valence-electron chi connectivity index (χ1n) is 3.61. The molecule has 0 bridgehead atoms. The zero-order valence-electron chi connectivity index (χ0n) is 7.23. The highest BCUT2D eigenvalue weighted by atomic mass is 35.5. The fourth-order valence-corrected chi connectivity index (χ4v) is 1.30. The van der Waals surface area contributed by atoms with Crippen molar-refractivity contribution in [2.75, 3.05) is 12.4 Å². The topological polar surface area (TPSA) is 12.0 Å².